The standard InChI is InChI=1S/C29H37FN8O2/c1-15(2)20-12-13-31-22(21(20)30)28-35-25-23(38(28)14-18-10-8-16(3)9-11-18)24(32-17(4)19-6-5-7-19)33-26(34-25)27-36-29(39)40-37-27/h12-13,15-19H,5-11,14H2,1-4H3,(H,32,33,34)(H,36,37,39)/t16-,17-,18-/m1/s1. The fourth-order valence-corrected chi connectivity index (χ4v) is 6.03. The van der Waals surface area contributed by atoms with E-state index in [0.717, 1.165) is 25.7 Å². The number of aromatic nitrogens is 7. The van der Waals surface area contributed by atoms with E-state index in [-0.39, 0.29) is 35.1 Å². The van der Waals surface area contributed by atoms with Crippen molar-refractivity contribution in [2.24, 2.45) is 17.8 Å². The van der Waals surface area contributed by atoms with Gasteiger partial charge < -0.3 is 14.4 Å². The van der Waals surface area contributed by atoms with Gasteiger partial charge in [-0.05, 0) is 67.9 Å². The Hall–Kier alpha value is -3.63. The topological polar surface area (TPSA) is 127 Å². The maximum absolute atomic E-state index is 15.9. The molecule has 4 aromatic rings. The minimum atomic E-state index is -0.759. The van der Waals surface area contributed by atoms with Crippen LogP contribution in [-0.2, 0) is 6.54 Å². The number of fused-ring (bicyclic) bond motifs is 1. The molecule has 2 aliphatic rings. The van der Waals surface area contributed by atoms with E-state index in [1.807, 2.05) is 13.8 Å². The van der Waals surface area contributed by atoms with Crippen molar-refractivity contribution in [1.29, 1.82) is 0 Å². The molecule has 212 valence electrons. The molecule has 10 nitrogen and oxygen atoms in total. The highest BCUT2D eigenvalue weighted by atomic mass is 19.1. The Balaban J connectivity index is 1.55. The molecule has 2 aliphatic carbocycles. The monoisotopic (exact) mass is 548 g/mol. The van der Waals surface area contributed by atoms with Crippen LogP contribution in [0.4, 0.5) is 10.2 Å². The van der Waals surface area contributed by atoms with E-state index >= 15 is 4.39 Å². The van der Waals surface area contributed by atoms with Crippen LogP contribution in [0, 0.1) is 23.6 Å². The second-order valence-corrected chi connectivity index (χ2v) is 12.0. The number of halogens is 1. The summed E-state index contributed by atoms with van der Waals surface area (Å²) in [4.78, 5) is 34.4. The van der Waals surface area contributed by atoms with Gasteiger partial charge in [-0.15, -0.1) is 4.98 Å². The van der Waals surface area contributed by atoms with Crippen molar-refractivity contribution < 1.29 is 8.91 Å². The molecule has 11 heteroatoms. The number of H-pyrrole nitrogens is 1. The highest BCUT2D eigenvalue weighted by molar-refractivity contribution is 5.88. The van der Waals surface area contributed by atoms with E-state index in [4.69, 9.17) is 14.5 Å². The summed E-state index contributed by atoms with van der Waals surface area (Å²) in [6.07, 6.45) is 9.74. The highest BCUT2D eigenvalue weighted by Gasteiger charge is 2.30. The second kappa shape index (κ2) is 10.7. The number of aromatic amines is 1. The van der Waals surface area contributed by atoms with Crippen LogP contribution >= 0.6 is 0 Å². The molecule has 2 fully saturated rings. The maximum Gasteiger partial charge on any atom is 0.460 e. The number of nitrogens with one attached hydrogen (secondary N) is 2. The predicted molar refractivity (Wildman–Crippen MR) is 150 cm³/mol. The van der Waals surface area contributed by atoms with Crippen LogP contribution in [0.25, 0.3) is 34.3 Å². The average Bonchev–Trinajstić information content (AvgIpc) is 3.48. The van der Waals surface area contributed by atoms with Crippen molar-refractivity contribution in [1.82, 2.24) is 34.6 Å². The number of nitrogens with zero attached hydrogens (tertiary/aromatic N) is 6. The lowest BCUT2D eigenvalue weighted by Crippen LogP contribution is -2.31. The molecule has 0 bridgehead atoms. The van der Waals surface area contributed by atoms with Gasteiger partial charge in [-0.3, -0.25) is 0 Å². The van der Waals surface area contributed by atoms with Gasteiger partial charge in [-0.25, -0.2) is 29.1 Å². The van der Waals surface area contributed by atoms with Gasteiger partial charge in [0.1, 0.15) is 11.2 Å². The summed E-state index contributed by atoms with van der Waals surface area (Å²) in [7, 11) is 0. The molecular formula is C29H37FN8O2. The minimum absolute atomic E-state index is 0.00431. The van der Waals surface area contributed by atoms with Gasteiger partial charge in [-0.2, -0.15) is 5.16 Å². The van der Waals surface area contributed by atoms with E-state index < -0.39 is 5.76 Å². The first-order chi connectivity index (χ1) is 19.3. The molecule has 0 saturated heterocycles. The molecule has 0 radical (unpaired) electrons. The Labute approximate surface area is 232 Å². The quantitative estimate of drug-likeness (QED) is 0.278. The Morgan fingerprint density at radius 2 is 1.88 bits per heavy atom. The summed E-state index contributed by atoms with van der Waals surface area (Å²) in [5, 5.41) is 6.13. The third kappa shape index (κ3) is 5.01. The van der Waals surface area contributed by atoms with Gasteiger partial charge in [0.15, 0.2) is 23.1 Å². The summed E-state index contributed by atoms with van der Waals surface area (Å²) in [5.41, 5.74) is 1.92. The Bertz CT molecular complexity index is 1560. The molecule has 6 rings (SSSR count). The first-order valence-corrected chi connectivity index (χ1v) is 14.5. The van der Waals surface area contributed by atoms with Gasteiger partial charge in [0.25, 0.3) is 0 Å². The summed E-state index contributed by atoms with van der Waals surface area (Å²) in [6.45, 7) is 9.07. The molecule has 2 N–H and O–H groups in total. The van der Waals surface area contributed by atoms with Crippen LogP contribution in [0.15, 0.2) is 21.6 Å². The molecule has 0 unspecified atom stereocenters. The lowest BCUT2D eigenvalue weighted by Gasteiger charge is -2.32. The number of hydrogen-bond donors (Lipinski definition) is 2. The molecular weight excluding hydrogens is 511 g/mol. The average molecular weight is 549 g/mol. The Morgan fingerprint density at radius 3 is 2.52 bits per heavy atom. The lowest BCUT2D eigenvalue weighted by molar-refractivity contribution is 0.267. The molecule has 2 saturated carbocycles. The normalized spacial score (nSPS) is 20.6. The minimum Gasteiger partial charge on any atom is -0.365 e. The van der Waals surface area contributed by atoms with Crippen LogP contribution in [0.2, 0.25) is 0 Å². The van der Waals surface area contributed by atoms with Gasteiger partial charge in [-0.1, -0.05) is 40.0 Å². The number of hydrogen-bond acceptors (Lipinski definition) is 8. The van der Waals surface area contributed by atoms with Gasteiger partial charge in [0.2, 0.25) is 11.6 Å². The molecule has 0 aliphatic heterocycles. The second-order valence-electron chi connectivity index (χ2n) is 12.0. The van der Waals surface area contributed by atoms with Crippen molar-refractivity contribution in [2.75, 3.05) is 5.32 Å². The Kier molecular flexibility index (Phi) is 7.14. The van der Waals surface area contributed by atoms with E-state index in [0.29, 0.717) is 52.7 Å². The van der Waals surface area contributed by atoms with Gasteiger partial charge >= 0.3 is 5.76 Å². The van der Waals surface area contributed by atoms with Crippen LogP contribution < -0.4 is 11.1 Å². The van der Waals surface area contributed by atoms with Crippen molar-refractivity contribution in [2.45, 2.75) is 91.1 Å². The zero-order valence-corrected chi connectivity index (χ0v) is 23.6. The predicted octanol–water partition coefficient (Wildman–Crippen LogP) is 5.92. The lowest BCUT2D eigenvalue weighted by atomic mass is 9.80. The molecule has 4 heterocycles. The number of rotatable bonds is 8. The zero-order chi connectivity index (χ0) is 28.0. The fraction of sp³-hybridized carbons (Fsp3) is 0.586. The molecule has 0 aromatic carbocycles. The van der Waals surface area contributed by atoms with E-state index in [1.54, 1.807) is 12.3 Å². The number of pyridine rings is 1. The van der Waals surface area contributed by atoms with Crippen LogP contribution in [0.1, 0.15) is 84.1 Å². The highest BCUT2D eigenvalue weighted by Crippen LogP contribution is 2.37. The third-order valence-corrected chi connectivity index (χ3v) is 8.80. The van der Waals surface area contributed by atoms with Crippen molar-refractivity contribution in [3.05, 3.63) is 34.2 Å². The third-order valence-electron chi connectivity index (χ3n) is 8.80. The summed E-state index contributed by atoms with van der Waals surface area (Å²) in [6, 6.07) is 1.89. The van der Waals surface area contributed by atoms with Crippen LogP contribution in [0.3, 0.4) is 0 Å². The smallest absolute Gasteiger partial charge is 0.365 e. The van der Waals surface area contributed by atoms with Crippen LogP contribution in [-0.4, -0.2) is 40.7 Å². The summed E-state index contributed by atoms with van der Waals surface area (Å²) in [5.74, 6) is 1.89. The van der Waals surface area contributed by atoms with E-state index in [9.17, 15) is 4.79 Å². The van der Waals surface area contributed by atoms with Crippen molar-refractivity contribution in [3.8, 4) is 23.2 Å². The van der Waals surface area contributed by atoms with Crippen molar-refractivity contribution >= 4 is 17.0 Å². The maximum atomic E-state index is 15.9. The number of imidazole rings is 1. The summed E-state index contributed by atoms with van der Waals surface area (Å²) >= 11 is 0. The Morgan fingerprint density at radius 1 is 1.10 bits per heavy atom. The molecule has 1 atom stereocenters. The van der Waals surface area contributed by atoms with Gasteiger partial charge in [0, 0.05) is 18.8 Å². The van der Waals surface area contributed by atoms with E-state index in [1.165, 1.54) is 19.3 Å². The molecule has 0 amide bonds. The molecule has 4 aromatic heterocycles. The first-order valence-electron chi connectivity index (χ1n) is 14.5. The SMILES string of the molecule is CC(C)c1ccnc(-c2nc3nc(-c4nc(=O)o[nH]4)nc(N[C@H](C)C4CCC4)c3n2C[C@H]2CC[C@H](C)CC2)c1F. The first kappa shape index (κ1) is 26.6. The molecule has 0 spiro atoms. The summed E-state index contributed by atoms with van der Waals surface area (Å²) < 4.78 is 22.8. The van der Waals surface area contributed by atoms with Crippen LogP contribution in [0.5, 0.6) is 0 Å². The van der Waals surface area contributed by atoms with Gasteiger partial charge in [0.05, 0.1) is 0 Å². The van der Waals surface area contributed by atoms with E-state index in [2.05, 4.69) is 43.8 Å². The molecule has 40 heavy (non-hydrogen) atoms. The van der Waals surface area contributed by atoms with Crippen molar-refractivity contribution in [3.63, 3.8) is 0 Å². The fourth-order valence-electron chi connectivity index (χ4n) is 6.03. The largest absolute Gasteiger partial charge is 0.460 e. The number of anilines is 1. The zero-order valence-electron chi connectivity index (χ0n) is 23.6.